The summed E-state index contributed by atoms with van der Waals surface area (Å²) in [6.07, 6.45) is 0.510. The molecule has 104 valence electrons. The number of anilines is 1. The molecule has 1 aromatic rings. The van der Waals surface area contributed by atoms with Crippen LogP contribution in [0.2, 0.25) is 0 Å². The van der Waals surface area contributed by atoms with Gasteiger partial charge >= 0.3 is 0 Å². The molecule has 2 rings (SSSR count). The van der Waals surface area contributed by atoms with Crippen molar-refractivity contribution in [1.82, 2.24) is 0 Å². The van der Waals surface area contributed by atoms with Crippen LogP contribution in [0.4, 0.5) is 5.69 Å². The van der Waals surface area contributed by atoms with Gasteiger partial charge in [0.2, 0.25) is 0 Å². The number of aliphatic hydroxyl groups is 1. The molecule has 1 aliphatic rings. The highest BCUT2D eigenvalue weighted by Gasteiger charge is 2.47. The first-order chi connectivity index (χ1) is 8.89. The summed E-state index contributed by atoms with van der Waals surface area (Å²) < 4.78 is 5.18. The summed E-state index contributed by atoms with van der Waals surface area (Å²) >= 11 is 0. The minimum atomic E-state index is -0.493. The van der Waals surface area contributed by atoms with Crippen molar-refractivity contribution < 1.29 is 14.6 Å². The quantitative estimate of drug-likeness (QED) is 0.744. The number of hydrogen-bond acceptors (Lipinski definition) is 4. The van der Waals surface area contributed by atoms with E-state index in [4.69, 9.17) is 10.5 Å². The second kappa shape index (κ2) is 5.09. The molecule has 0 aliphatic heterocycles. The van der Waals surface area contributed by atoms with Gasteiger partial charge in [-0.15, -0.1) is 0 Å². The summed E-state index contributed by atoms with van der Waals surface area (Å²) in [6, 6.07) is 7.61. The maximum Gasteiger partial charge on any atom is 0.255 e. The Hall–Kier alpha value is -1.75. The van der Waals surface area contributed by atoms with Gasteiger partial charge in [0, 0.05) is 17.1 Å². The Morgan fingerprint density at radius 3 is 2.58 bits per heavy atom. The van der Waals surface area contributed by atoms with Crippen LogP contribution in [0.5, 0.6) is 5.75 Å². The lowest BCUT2D eigenvalue weighted by Gasteiger charge is -2.49. The molecule has 0 spiro atoms. The smallest absolute Gasteiger partial charge is 0.255 e. The van der Waals surface area contributed by atoms with Gasteiger partial charge in [-0.3, -0.25) is 4.79 Å². The fourth-order valence-electron chi connectivity index (χ4n) is 2.15. The predicted molar refractivity (Wildman–Crippen MR) is 72.9 cm³/mol. The number of carbonyl (C=O) groups excluding carboxylic acids is 1. The van der Waals surface area contributed by atoms with Crippen LogP contribution in [-0.2, 0) is 4.79 Å². The molecule has 0 heterocycles. The molecule has 5 nitrogen and oxygen atoms in total. The van der Waals surface area contributed by atoms with Crippen molar-refractivity contribution in [2.24, 2.45) is 11.1 Å². The average Bonchev–Trinajstić information content (AvgIpc) is 2.37. The molecule has 2 unspecified atom stereocenters. The largest absolute Gasteiger partial charge is 0.484 e. The van der Waals surface area contributed by atoms with Crippen molar-refractivity contribution in [2.75, 3.05) is 11.9 Å². The van der Waals surface area contributed by atoms with Gasteiger partial charge in [0.05, 0.1) is 6.10 Å². The molecule has 5 heteroatoms. The lowest BCUT2D eigenvalue weighted by Crippen LogP contribution is -2.56. The van der Waals surface area contributed by atoms with Gasteiger partial charge in [-0.2, -0.15) is 0 Å². The highest BCUT2D eigenvalue weighted by atomic mass is 16.5. The number of ether oxygens (including phenoxy) is 1. The number of nitrogens with one attached hydrogen (secondary N) is 1. The zero-order valence-corrected chi connectivity index (χ0v) is 11.2. The summed E-state index contributed by atoms with van der Waals surface area (Å²) in [6.45, 7) is 3.97. The van der Waals surface area contributed by atoms with E-state index < -0.39 is 5.91 Å². The molecular formula is C14H20N2O3. The minimum Gasteiger partial charge on any atom is -0.484 e. The number of rotatable bonds is 5. The number of carbonyl (C=O) groups is 1. The number of nitrogens with two attached hydrogens (primary N) is 1. The van der Waals surface area contributed by atoms with Crippen molar-refractivity contribution in [3.05, 3.63) is 24.3 Å². The summed E-state index contributed by atoms with van der Waals surface area (Å²) in [5.74, 6) is 0.115. The first-order valence-electron chi connectivity index (χ1n) is 6.35. The molecule has 2 atom stereocenters. The molecule has 1 amide bonds. The monoisotopic (exact) mass is 264 g/mol. The maximum absolute atomic E-state index is 10.6. The number of aliphatic hydroxyl groups excluding tert-OH is 1. The van der Waals surface area contributed by atoms with Crippen molar-refractivity contribution in [1.29, 1.82) is 0 Å². The van der Waals surface area contributed by atoms with E-state index in [1.807, 2.05) is 26.0 Å². The van der Waals surface area contributed by atoms with E-state index in [0.717, 1.165) is 12.1 Å². The van der Waals surface area contributed by atoms with Crippen LogP contribution in [0, 0.1) is 5.41 Å². The molecule has 0 radical (unpaired) electrons. The van der Waals surface area contributed by atoms with Gasteiger partial charge in [-0.05, 0) is 30.7 Å². The molecule has 4 N–H and O–H groups in total. The highest BCUT2D eigenvalue weighted by Crippen LogP contribution is 2.42. The van der Waals surface area contributed by atoms with Gasteiger partial charge in [0.25, 0.3) is 5.91 Å². The Balaban J connectivity index is 1.91. The molecule has 0 aromatic heterocycles. The Kier molecular flexibility index (Phi) is 3.66. The second-order valence-corrected chi connectivity index (χ2v) is 5.55. The summed E-state index contributed by atoms with van der Waals surface area (Å²) in [7, 11) is 0. The fraction of sp³-hybridized carbons (Fsp3) is 0.500. The van der Waals surface area contributed by atoms with Gasteiger partial charge < -0.3 is 20.9 Å². The fourth-order valence-corrected chi connectivity index (χ4v) is 2.15. The third-order valence-electron chi connectivity index (χ3n) is 3.79. The van der Waals surface area contributed by atoms with Crippen molar-refractivity contribution in [3.63, 3.8) is 0 Å². The lowest BCUT2D eigenvalue weighted by atomic mass is 9.64. The Labute approximate surface area is 112 Å². The van der Waals surface area contributed by atoms with Crippen molar-refractivity contribution >= 4 is 11.6 Å². The summed E-state index contributed by atoms with van der Waals surface area (Å²) in [4.78, 5) is 10.6. The molecule has 0 saturated heterocycles. The highest BCUT2D eigenvalue weighted by molar-refractivity contribution is 5.75. The van der Waals surface area contributed by atoms with Crippen molar-refractivity contribution in [3.8, 4) is 5.75 Å². The van der Waals surface area contributed by atoms with Crippen molar-refractivity contribution in [2.45, 2.75) is 32.4 Å². The van der Waals surface area contributed by atoms with E-state index in [-0.39, 0.29) is 24.2 Å². The van der Waals surface area contributed by atoms with E-state index in [1.54, 1.807) is 12.1 Å². The second-order valence-electron chi connectivity index (χ2n) is 5.55. The first kappa shape index (κ1) is 13.7. The third-order valence-corrected chi connectivity index (χ3v) is 3.79. The zero-order valence-electron chi connectivity index (χ0n) is 11.2. The lowest BCUT2D eigenvalue weighted by molar-refractivity contribution is -0.119. The van der Waals surface area contributed by atoms with Gasteiger partial charge in [-0.25, -0.2) is 0 Å². The predicted octanol–water partition coefficient (Wildman–Crippen LogP) is 1.12. The van der Waals surface area contributed by atoms with Gasteiger partial charge in [0.15, 0.2) is 6.61 Å². The topological polar surface area (TPSA) is 84.6 Å². The van der Waals surface area contributed by atoms with Crippen LogP contribution in [0.15, 0.2) is 24.3 Å². The molecule has 1 fully saturated rings. The molecular weight excluding hydrogens is 244 g/mol. The Bertz CT molecular complexity index is 456. The number of benzene rings is 1. The zero-order chi connectivity index (χ0) is 14.0. The SMILES string of the molecule is CC1(C)C(O)CC1Nc1ccc(OCC(N)=O)cc1. The summed E-state index contributed by atoms with van der Waals surface area (Å²) in [5, 5.41) is 13.1. The van der Waals surface area contributed by atoms with Crippen LogP contribution in [-0.4, -0.2) is 29.8 Å². The Morgan fingerprint density at radius 2 is 2.11 bits per heavy atom. The van der Waals surface area contributed by atoms with E-state index in [1.165, 1.54) is 0 Å². The third kappa shape index (κ3) is 2.98. The number of amides is 1. The normalized spacial score (nSPS) is 24.4. The molecule has 1 saturated carbocycles. The standard InChI is InChI=1S/C14H20N2O3/c1-14(2)11(7-12(14)17)16-9-3-5-10(6-4-9)19-8-13(15)18/h3-6,11-12,16-17H,7-8H2,1-2H3,(H2,15,18). The number of hydrogen-bond donors (Lipinski definition) is 3. The maximum atomic E-state index is 10.6. The van der Waals surface area contributed by atoms with Crippen LogP contribution in [0.1, 0.15) is 20.3 Å². The molecule has 1 aromatic carbocycles. The van der Waals surface area contributed by atoms with Crippen LogP contribution >= 0.6 is 0 Å². The molecule has 0 bridgehead atoms. The molecule has 19 heavy (non-hydrogen) atoms. The van der Waals surface area contributed by atoms with E-state index in [0.29, 0.717) is 5.75 Å². The van der Waals surface area contributed by atoms with E-state index in [2.05, 4.69) is 5.32 Å². The first-order valence-corrected chi connectivity index (χ1v) is 6.35. The van der Waals surface area contributed by atoms with Gasteiger partial charge in [-0.1, -0.05) is 13.8 Å². The van der Waals surface area contributed by atoms with E-state index >= 15 is 0 Å². The summed E-state index contributed by atoms with van der Waals surface area (Å²) in [5.41, 5.74) is 5.86. The van der Waals surface area contributed by atoms with Crippen LogP contribution in [0.25, 0.3) is 0 Å². The number of primary amides is 1. The van der Waals surface area contributed by atoms with Gasteiger partial charge in [0.1, 0.15) is 5.75 Å². The Morgan fingerprint density at radius 1 is 1.47 bits per heavy atom. The van der Waals surface area contributed by atoms with Crippen LogP contribution < -0.4 is 15.8 Å². The average molecular weight is 264 g/mol. The van der Waals surface area contributed by atoms with Crippen LogP contribution in [0.3, 0.4) is 0 Å². The van der Waals surface area contributed by atoms with E-state index in [9.17, 15) is 9.90 Å². The minimum absolute atomic E-state index is 0.110. The molecule has 1 aliphatic carbocycles.